The van der Waals surface area contributed by atoms with Crippen LogP contribution in [0.4, 0.5) is 0 Å². The van der Waals surface area contributed by atoms with Gasteiger partial charge in [0.15, 0.2) is 6.61 Å². The van der Waals surface area contributed by atoms with Crippen LogP contribution in [0.2, 0.25) is 0 Å². The Morgan fingerprint density at radius 3 is 2.17 bits per heavy atom. The van der Waals surface area contributed by atoms with Gasteiger partial charge in [-0.05, 0) is 49.4 Å². The van der Waals surface area contributed by atoms with Gasteiger partial charge in [0.25, 0.3) is 5.91 Å². The van der Waals surface area contributed by atoms with Crippen LogP contribution >= 0.6 is 0 Å². The van der Waals surface area contributed by atoms with Crippen molar-refractivity contribution in [1.82, 2.24) is 10.2 Å². The summed E-state index contributed by atoms with van der Waals surface area (Å²) >= 11 is 0. The molecular formula is C25H34N2O3. The van der Waals surface area contributed by atoms with Crippen LogP contribution in [-0.4, -0.2) is 35.9 Å². The van der Waals surface area contributed by atoms with Crippen molar-refractivity contribution in [2.75, 3.05) is 13.2 Å². The molecule has 1 unspecified atom stereocenters. The minimum absolute atomic E-state index is 0.0568. The molecule has 162 valence electrons. The SMILES string of the molecule is CCNC(=O)C(C)N(Cc1ccc(C)cc1)C(=O)COc1ccc(C(C)(C)C)cc1. The number of carbonyl (C=O) groups is 2. The number of nitrogens with one attached hydrogen (secondary N) is 1. The number of nitrogens with zero attached hydrogens (tertiary/aromatic N) is 1. The fourth-order valence-electron chi connectivity index (χ4n) is 3.07. The number of aryl methyl sites for hydroxylation is 1. The van der Waals surface area contributed by atoms with Crippen LogP contribution in [0.15, 0.2) is 48.5 Å². The fraction of sp³-hybridized carbons (Fsp3) is 0.440. The maximum atomic E-state index is 13.0. The highest BCUT2D eigenvalue weighted by atomic mass is 16.5. The highest BCUT2D eigenvalue weighted by molar-refractivity contribution is 5.87. The van der Waals surface area contributed by atoms with Gasteiger partial charge in [-0.1, -0.05) is 62.7 Å². The van der Waals surface area contributed by atoms with Crippen molar-refractivity contribution in [1.29, 1.82) is 0 Å². The van der Waals surface area contributed by atoms with E-state index in [0.29, 0.717) is 18.8 Å². The maximum absolute atomic E-state index is 13.0. The monoisotopic (exact) mass is 410 g/mol. The van der Waals surface area contributed by atoms with E-state index in [1.807, 2.05) is 62.4 Å². The van der Waals surface area contributed by atoms with Crippen LogP contribution < -0.4 is 10.1 Å². The van der Waals surface area contributed by atoms with Gasteiger partial charge in [0, 0.05) is 13.1 Å². The first-order valence-electron chi connectivity index (χ1n) is 10.5. The molecule has 0 aliphatic heterocycles. The topological polar surface area (TPSA) is 58.6 Å². The van der Waals surface area contributed by atoms with Crippen LogP contribution in [0.1, 0.15) is 51.3 Å². The molecule has 2 aromatic rings. The van der Waals surface area contributed by atoms with Crippen LogP contribution in [0, 0.1) is 6.92 Å². The Hall–Kier alpha value is -2.82. The Bertz CT molecular complexity index is 836. The van der Waals surface area contributed by atoms with Gasteiger partial charge in [-0.2, -0.15) is 0 Å². The van der Waals surface area contributed by atoms with E-state index < -0.39 is 6.04 Å². The summed E-state index contributed by atoms with van der Waals surface area (Å²) in [5.41, 5.74) is 3.38. The van der Waals surface area contributed by atoms with Gasteiger partial charge < -0.3 is 15.0 Å². The number of benzene rings is 2. The van der Waals surface area contributed by atoms with Crippen molar-refractivity contribution in [2.45, 2.75) is 59.5 Å². The molecule has 0 aromatic heterocycles. The van der Waals surface area contributed by atoms with E-state index in [-0.39, 0.29) is 23.8 Å². The Morgan fingerprint density at radius 2 is 1.63 bits per heavy atom. The number of amides is 2. The van der Waals surface area contributed by atoms with Gasteiger partial charge in [0.2, 0.25) is 5.91 Å². The average molecular weight is 411 g/mol. The predicted octanol–water partition coefficient (Wildman–Crippen LogP) is 4.22. The molecule has 2 aromatic carbocycles. The first-order chi connectivity index (χ1) is 14.1. The van der Waals surface area contributed by atoms with E-state index in [2.05, 4.69) is 26.1 Å². The summed E-state index contributed by atoms with van der Waals surface area (Å²) < 4.78 is 5.74. The van der Waals surface area contributed by atoms with E-state index in [4.69, 9.17) is 4.74 Å². The van der Waals surface area contributed by atoms with Crippen molar-refractivity contribution in [2.24, 2.45) is 0 Å². The summed E-state index contributed by atoms with van der Waals surface area (Å²) in [6.07, 6.45) is 0. The quantitative estimate of drug-likeness (QED) is 0.709. The van der Waals surface area contributed by atoms with Gasteiger partial charge in [-0.25, -0.2) is 0 Å². The molecule has 0 bridgehead atoms. The Morgan fingerprint density at radius 1 is 1.03 bits per heavy atom. The van der Waals surface area contributed by atoms with E-state index in [1.54, 1.807) is 11.8 Å². The minimum Gasteiger partial charge on any atom is -0.484 e. The zero-order valence-electron chi connectivity index (χ0n) is 19.0. The summed E-state index contributed by atoms with van der Waals surface area (Å²) in [5, 5.41) is 2.80. The molecule has 0 saturated heterocycles. The molecule has 0 spiro atoms. The minimum atomic E-state index is -0.592. The summed E-state index contributed by atoms with van der Waals surface area (Å²) in [4.78, 5) is 26.9. The molecule has 0 saturated carbocycles. The molecule has 5 nitrogen and oxygen atoms in total. The Labute approximate surface area is 180 Å². The second kappa shape index (κ2) is 10.3. The number of ether oxygens (including phenoxy) is 1. The third-order valence-electron chi connectivity index (χ3n) is 5.07. The third kappa shape index (κ3) is 6.61. The van der Waals surface area contributed by atoms with Crippen molar-refractivity contribution in [3.05, 3.63) is 65.2 Å². The predicted molar refractivity (Wildman–Crippen MR) is 121 cm³/mol. The van der Waals surface area contributed by atoms with Crippen molar-refractivity contribution >= 4 is 11.8 Å². The highest BCUT2D eigenvalue weighted by Gasteiger charge is 2.26. The molecule has 0 aliphatic carbocycles. The van der Waals surface area contributed by atoms with Gasteiger partial charge in [0.05, 0.1) is 0 Å². The van der Waals surface area contributed by atoms with E-state index >= 15 is 0 Å². The zero-order chi connectivity index (χ0) is 22.3. The van der Waals surface area contributed by atoms with Crippen molar-refractivity contribution in [3.8, 4) is 5.75 Å². The molecule has 0 radical (unpaired) electrons. The third-order valence-corrected chi connectivity index (χ3v) is 5.07. The lowest BCUT2D eigenvalue weighted by Gasteiger charge is -2.28. The standard InChI is InChI=1S/C25H34N2O3/c1-7-26-24(29)19(3)27(16-20-10-8-18(2)9-11-20)23(28)17-30-22-14-12-21(13-15-22)25(4,5)6/h8-15,19H,7,16-17H2,1-6H3,(H,26,29). The molecule has 2 rings (SSSR count). The average Bonchev–Trinajstić information content (AvgIpc) is 2.71. The summed E-state index contributed by atoms with van der Waals surface area (Å²) in [6.45, 7) is 12.8. The largest absolute Gasteiger partial charge is 0.484 e. The first kappa shape index (κ1) is 23.5. The lowest BCUT2D eigenvalue weighted by atomic mass is 9.87. The smallest absolute Gasteiger partial charge is 0.261 e. The van der Waals surface area contributed by atoms with E-state index in [1.165, 1.54) is 5.56 Å². The number of hydrogen-bond acceptors (Lipinski definition) is 3. The molecule has 0 heterocycles. The molecule has 1 atom stereocenters. The molecule has 5 heteroatoms. The van der Waals surface area contributed by atoms with Gasteiger partial charge in [0.1, 0.15) is 11.8 Å². The van der Waals surface area contributed by atoms with Crippen LogP contribution in [0.25, 0.3) is 0 Å². The van der Waals surface area contributed by atoms with Crippen molar-refractivity contribution < 1.29 is 14.3 Å². The van der Waals surface area contributed by atoms with Crippen LogP contribution in [0.3, 0.4) is 0 Å². The molecule has 0 fully saturated rings. The molecular weight excluding hydrogens is 376 g/mol. The molecule has 0 aliphatic rings. The second-order valence-corrected chi connectivity index (χ2v) is 8.64. The summed E-state index contributed by atoms with van der Waals surface area (Å²) in [7, 11) is 0. The number of likely N-dealkylation sites (N-methyl/N-ethyl adjacent to an activating group) is 1. The van der Waals surface area contributed by atoms with Gasteiger partial charge in [-0.3, -0.25) is 9.59 Å². The molecule has 1 N–H and O–H groups in total. The van der Waals surface area contributed by atoms with Crippen molar-refractivity contribution in [3.63, 3.8) is 0 Å². The highest BCUT2D eigenvalue weighted by Crippen LogP contribution is 2.24. The summed E-state index contributed by atoms with van der Waals surface area (Å²) in [5.74, 6) is 0.235. The first-order valence-corrected chi connectivity index (χ1v) is 10.5. The Kier molecular flexibility index (Phi) is 8.04. The maximum Gasteiger partial charge on any atom is 0.261 e. The van der Waals surface area contributed by atoms with Crippen LogP contribution in [0.5, 0.6) is 5.75 Å². The Balaban J connectivity index is 2.11. The lowest BCUT2D eigenvalue weighted by Crippen LogP contribution is -2.49. The molecule has 2 amide bonds. The number of carbonyl (C=O) groups excluding carboxylic acids is 2. The second-order valence-electron chi connectivity index (χ2n) is 8.64. The van der Waals surface area contributed by atoms with Gasteiger partial charge in [-0.15, -0.1) is 0 Å². The molecule has 30 heavy (non-hydrogen) atoms. The number of hydrogen-bond donors (Lipinski definition) is 1. The lowest BCUT2D eigenvalue weighted by molar-refractivity contribution is -0.142. The number of rotatable bonds is 8. The van der Waals surface area contributed by atoms with Crippen LogP contribution in [-0.2, 0) is 21.5 Å². The van der Waals surface area contributed by atoms with E-state index in [0.717, 1.165) is 11.1 Å². The van der Waals surface area contributed by atoms with E-state index in [9.17, 15) is 9.59 Å². The zero-order valence-corrected chi connectivity index (χ0v) is 19.0. The fourth-order valence-corrected chi connectivity index (χ4v) is 3.07. The normalized spacial score (nSPS) is 12.2. The van der Waals surface area contributed by atoms with Gasteiger partial charge >= 0.3 is 0 Å². The summed E-state index contributed by atoms with van der Waals surface area (Å²) in [6, 6.07) is 15.2.